The fourth-order valence-electron chi connectivity index (χ4n) is 7.02. The smallest absolute Gasteiger partial charge is 0.245 e. The molecule has 378 valence electrons. The van der Waals surface area contributed by atoms with Crippen molar-refractivity contribution in [1.29, 1.82) is 0 Å². The summed E-state index contributed by atoms with van der Waals surface area (Å²) in [6, 6.07) is 0.292. The Hall–Kier alpha value is -5.66. The molecular formula is C44H69N11O12S. The number of primary amides is 2. The SMILES string of the molecule is CC[C@H](C)C1NN[C@@H](CCC(N)=O)C(=O)N[C@@H](CC(N)=O)C(=O)N[C@H](C(=O)N(CCCO)CC(=O)N[C@@H](CC(C)C)C(=O)C(=O)CNN)CCSCCC(=O)N[C@@H](Cc2ccccc2)C(=O)C1=O. The highest BCUT2D eigenvalue weighted by molar-refractivity contribution is 7.99. The lowest BCUT2D eigenvalue weighted by Gasteiger charge is -2.30. The van der Waals surface area contributed by atoms with Crippen molar-refractivity contribution in [3.63, 3.8) is 0 Å². The van der Waals surface area contributed by atoms with Crippen LogP contribution in [0.25, 0.3) is 0 Å². The van der Waals surface area contributed by atoms with Gasteiger partial charge in [0.15, 0.2) is 0 Å². The van der Waals surface area contributed by atoms with E-state index >= 15 is 0 Å². The van der Waals surface area contributed by atoms with Gasteiger partial charge < -0.3 is 42.7 Å². The maximum Gasteiger partial charge on any atom is 0.245 e. The van der Waals surface area contributed by atoms with E-state index in [0.29, 0.717) is 12.0 Å². The van der Waals surface area contributed by atoms with Crippen molar-refractivity contribution in [2.24, 2.45) is 29.1 Å². The summed E-state index contributed by atoms with van der Waals surface area (Å²) >= 11 is 1.19. The minimum Gasteiger partial charge on any atom is -0.396 e. The number of nitrogens with zero attached hydrogens (tertiary/aromatic N) is 1. The maximum absolute atomic E-state index is 14.4. The zero-order valence-electron chi connectivity index (χ0n) is 39.1. The number of nitrogens with one attached hydrogen (secondary N) is 7. The Balaban J connectivity index is 2.62. The number of thioether (sulfide) groups is 1. The Labute approximate surface area is 400 Å². The van der Waals surface area contributed by atoms with E-state index in [-0.39, 0.29) is 68.9 Å². The van der Waals surface area contributed by atoms with Crippen molar-refractivity contribution >= 4 is 76.2 Å². The molecule has 68 heavy (non-hydrogen) atoms. The highest BCUT2D eigenvalue weighted by atomic mass is 32.2. The van der Waals surface area contributed by atoms with Gasteiger partial charge >= 0.3 is 0 Å². The number of hydrogen-bond donors (Lipinski definition) is 11. The van der Waals surface area contributed by atoms with E-state index in [0.717, 1.165) is 4.90 Å². The van der Waals surface area contributed by atoms with E-state index in [4.69, 9.17) is 17.3 Å². The molecule has 1 aromatic rings. The summed E-state index contributed by atoms with van der Waals surface area (Å²) in [5, 5.41) is 19.9. The molecule has 0 aromatic heterocycles. The largest absolute Gasteiger partial charge is 0.396 e. The number of amides is 7. The molecule has 1 heterocycles. The van der Waals surface area contributed by atoms with Gasteiger partial charge in [-0.25, -0.2) is 10.9 Å². The van der Waals surface area contributed by atoms with Gasteiger partial charge in [0, 0.05) is 38.2 Å². The number of Topliss-reactive ketones (excluding diaryl/α,β-unsaturated/α-hetero) is 4. The second kappa shape index (κ2) is 30.7. The van der Waals surface area contributed by atoms with E-state index in [9.17, 15) is 57.8 Å². The third kappa shape index (κ3) is 20.7. The second-order valence-corrected chi connectivity index (χ2v) is 18.2. The van der Waals surface area contributed by atoms with Gasteiger partial charge in [0.25, 0.3) is 0 Å². The first-order valence-electron chi connectivity index (χ1n) is 22.6. The Bertz CT molecular complexity index is 1920. The van der Waals surface area contributed by atoms with Crippen LogP contribution >= 0.6 is 11.8 Å². The number of carbonyl (C=O) groups is 11. The first-order chi connectivity index (χ1) is 32.2. The molecule has 0 aliphatic carbocycles. The van der Waals surface area contributed by atoms with Crippen LogP contribution in [0.4, 0.5) is 0 Å². The summed E-state index contributed by atoms with van der Waals surface area (Å²) in [6.45, 7) is 5.18. The lowest BCUT2D eigenvalue weighted by atomic mass is 9.90. The fourth-order valence-corrected chi connectivity index (χ4v) is 7.95. The molecule has 7 atom stereocenters. The van der Waals surface area contributed by atoms with E-state index in [2.05, 4.69) is 37.5 Å². The molecule has 0 bridgehead atoms. The highest BCUT2D eigenvalue weighted by Gasteiger charge is 2.37. The van der Waals surface area contributed by atoms with E-state index in [1.165, 1.54) is 11.8 Å². The van der Waals surface area contributed by atoms with Gasteiger partial charge in [-0.3, -0.25) is 64.0 Å². The summed E-state index contributed by atoms with van der Waals surface area (Å²) < 4.78 is 0. The van der Waals surface area contributed by atoms with Crippen molar-refractivity contribution < 1.29 is 57.8 Å². The molecule has 24 heteroatoms. The predicted molar refractivity (Wildman–Crippen MR) is 250 cm³/mol. The number of carbonyl (C=O) groups excluding carboxylic acids is 11. The third-order valence-electron chi connectivity index (χ3n) is 10.9. The lowest BCUT2D eigenvalue weighted by Crippen LogP contribution is -2.61. The van der Waals surface area contributed by atoms with Crippen LogP contribution in [-0.4, -0.2) is 148 Å². The van der Waals surface area contributed by atoms with Gasteiger partial charge in [0.05, 0.1) is 37.6 Å². The molecule has 1 aliphatic heterocycles. The number of hydrogen-bond acceptors (Lipinski definition) is 17. The zero-order chi connectivity index (χ0) is 50.9. The van der Waals surface area contributed by atoms with Crippen LogP contribution < -0.4 is 54.9 Å². The van der Waals surface area contributed by atoms with Crippen molar-refractivity contribution in [3.05, 3.63) is 35.9 Å². The van der Waals surface area contributed by atoms with Crippen LogP contribution in [0.1, 0.15) is 84.6 Å². The van der Waals surface area contributed by atoms with Gasteiger partial charge in [0.2, 0.25) is 64.5 Å². The number of ketones is 4. The Morgan fingerprint density at radius 2 is 1.54 bits per heavy atom. The Kier molecular flexibility index (Phi) is 26.4. The van der Waals surface area contributed by atoms with Gasteiger partial charge in [0.1, 0.15) is 18.1 Å². The summed E-state index contributed by atoms with van der Waals surface area (Å²) in [7, 11) is 0. The molecular weight excluding hydrogens is 907 g/mol. The van der Waals surface area contributed by atoms with Gasteiger partial charge in [-0.15, -0.1) is 0 Å². The van der Waals surface area contributed by atoms with E-state index < -0.39 is 133 Å². The zero-order valence-corrected chi connectivity index (χ0v) is 40.0. The monoisotopic (exact) mass is 975 g/mol. The quantitative estimate of drug-likeness (QED) is 0.0308. The maximum atomic E-state index is 14.4. The highest BCUT2D eigenvalue weighted by Crippen LogP contribution is 2.15. The average Bonchev–Trinajstić information content (AvgIpc) is 3.28. The summed E-state index contributed by atoms with van der Waals surface area (Å²) in [5.41, 5.74) is 19.1. The first-order valence-corrected chi connectivity index (χ1v) is 23.7. The van der Waals surface area contributed by atoms with Crippen LogP contribution in [0.3, 0.4) is 0 Å². The Morgan fingerprint density at radius 3 is 2.15 bits per heavy atom. The topological polar surface area (TPSA) is 374 Å². The average molecular weight is 976 g/mol. The van der Waals surface area contributed by atoms with Crippen molar-refractivity contribution in [3.8, 4) is 0 Å². The molecule has 23 nitrogen and oxygen atoms in total. The number of rotatable bonds is 22. The van der Waals surface area contributed by atoms with Crippen molar-refractivity contribution in [2.75, 3.05) is 37.7 Å². The van der Waals surface area contributed by atoms with Crippen LogP contribution in [0.15, 0.2) is 30.3 Å². The molecule has 1 unspecified atom stereocenters. The van der Waals surface area contributed by atoms with Gasteiger partial charge in [-0.2, -0.15) is 11.8 Å². The second-order valence-electron chi connectivity index (χ2n) is 16.9. The molecule has 0 spiro atoms. The minimum absolute atomic E-state index is 0.0239. The molecule has 0 saturated carbocycles. The standard InChI is InChI=1S/C44H69N11O12S/c1-5-26(4)38-41(64)40(63)31(21-27-10-7-6-8-11-27)49-36(60)15-19-68-18-14-29(51-43(66)32(22-35(46)59)52-42(65)28(53-54-38)12-13-34(45)58)44(67)55(16-9-17-56)24-37(61)50-30(20-25(2)3)39(62)33(57)23-48-47/h6-8,10-11,25-26,28-32,38,48,53-54,56H,5,9,12-24,47H2,1-4H3,(H2,45,58)(H2,46,59)(H,49,60)(H,50,61)(H,51,66)(H,52,65)/t26-,28-,29-,30-,31-,32-,38?/m0/s1. The molecule has 2 rings (SSSR count). The van der Waals surface area contributed by atoms with E-state index in [1.807, 2.05) is 0 Å². The van der Waals surface area contributed by atoms with Gasteiger partial charge in [-0.05, 0) is 48.8 Å². The van der Waals surface area contributed by atoms with Crippen LogP contribution in [0.5, 0.6) is 0 Å². The predicted octanol–water partition coefficient (Wildman–Crippen LogP) is -3.29. The molecule has 14 N–H and O–H groups in total. The molecule has 1 aromatic carbocycles. The number of benzene rings is 1. The van der Waals surface area contributed by atoms with E-state index in [1.54, 1.807) is 58.0 Å². The molecule has 7 amide bonds. The number of nitrogens with two attached hydrogens (primary N) is 3. The minimum atomic E-state index is -1.72. The summed E-state index contributed by atoms with van der Waals surface area (Å²) in [6.07, 6.45) is -1.33. The molecule has 0 radical (unpaired) electrons. The summed E-state index contributed by atoms with van der Waals surface area (Å²) in [5.74, 6) is -4.95. The van der Waals surface area contributed by atoms with Crippen LogP contribution in [0.2, 0.25) is 0 Å². The Morgan fingerprint density at radius 1 is 0.868 bits per heavy atom. The fraction of sp³-hybridized carbons (Fsp3) is 0.614. The number of aliphatic hydroxyl groups is 1. The third-order valence-corrected chi connectivity index (χ3v) is 11.9. The van der Waals surface area contributed by atoms with Crippen LogP contribution in [0, 0.1) is 11.8 Å². The first kappa shape index (κ1) is 58.5. The van der Waals surface area contributed by atoms with Gasteiger partial charge in [-0.1, -0.05) is 64.4 Å². The normalized spacial score (nSPS) is 21.3. The molecule has 1 fully saturated rings. The van der Waals surface area contributed by atoms with Crippen molar-refractivity contribution in [1.82, 2.24) is 42.4 Å². The van der Waals surface area contributed by atoms with Crippen LogP contribution in [-0.2, 0) is 59.2 Å². The van der Waals surface area contributed by atoms with Crippen molar-refractivity contribution in [2.45, 2.75) is 122 Å². The summed E-state index contributed by atoms with van der Waals surface area (Å²) in [4.78, 5) is 148. The molecule has 1 saturated heterocycles. The lowest BCUT2D eigenvalue weighted by molar-refractivity contribution is -0.142. The number of aliphatic hydroxyl groups excluding tert-OH is 1. The molecule has 1 aliphatic rings. The number of hydrazine groups is 2.